The van der Waals surface area contributed by atoms with E-state index in [9.17, 15) is 14.7 Å². The normalized spacial score (nSPS) is 39.6. The molecule has 2 rings (SSSR count). The smallest absolute Gasteiger partial charge is 0.309 e. The second kappa shape index (κ2) is 7.68. The van der Waals surface area contributed by atoms with Crippen molar-refractivity contribution < 1.29 is 24.2 Å². The van der Waals surface area contributed by atoms with E-state index in [0.717, 1.165) is 5.57 Å². The zero-order chi connectivity index (χ0) is 18.0. The van der Waals surface area contributed by atoms with Gasteiger partial charge in [-0.25, -0.2) is 0 Å². The molecule has 136 valence electrons. The lowest BCUT2D eigenvalue weighted by molar-refractivity contribution is -0.157. The molecule has 1 N–H and O–H groups in total. The zero-order valence-corrected chi connectivity index (χ0v) is 15.3. The largest absolute Gasteiger partial charge is 0.462 e. The predicted octanol–water partition coefficient (Wildman–Crippen LogP) is 2.86. The van der Waals surface area contributed by atoms with Crippen LogP contribution in [0, 0.1) is 23.7 Å². The highest BCUT2D eigenvalue weighted by Crippen LogP contribution is 2.39. The lowest BCUT2D eigenvalue weighted by Crippen LogP contribution is -2.39. The standard InChI is InChI=1S/C19H30O5/c1-10(2)18(21)23-15-8-11(3)6-7-14(20)12(4)9-16-17(15)13(5)19(22)24-16/h6,10,12-17,20H,7-9H2,1-5H3/b11-6-/t12-,13-,14?,15?,16+,17+/m0/s1. The van der Waals surface area contributed by atoms with Crippen molar-refractivity contribution in [1.29, 1.82) is 0 Å². The highest BCUT2D eigenvalue weighted by atomic mass is 16.6. The van der Waals surface area contributed by atoms with Gasteiger partial charge in [-0.3, -0.25) is 9.59 Å². The van der Waals surface area contributed by atoms with Crippen molar-refractivity contribution in [3.05, 3.63) is 11.6 Å². The van der Waals surface area contributed by atoms with E-state index in [-0.39, 0.29) is 47.8 Å². The van der Waals surface area contributed by atoms with E-state index in [4.69, 9.17) is 9.47 Å². The molecule has 0 amide bonds. The molecule has 0 spiro atoms. The van der Waals surface area contributed by atoms with Gasteiger partial charge < -0.3 is 14.6 Å². The third-order valence-electron chi connectivity index (χ3n) is 5.31. The number of hydrogen-bond donors (Lipinski definition) is 1. The third-order valence-corrected chi connectivity index (χ3v) is 5.31. The maximum atomic E-state index is 12.2. The van der Waals surface area contributed by atoms with E-state index in [0.29, 0.717) is 19.3 Å². The number of fused-ring (bicyclic) bond motifs is 1. The fourth-order valence-electron chi connectivity index (χ4n) is 3.60. The number of esters is 2. The van der Waals surface area contributed by atoms with Crippen LogP contribution in [0.2, 0.25) is 0 Å². The Morgan fingerprint density at radius 2 is 2.04 bits per heavy atom. The summed E-state index contributed by atoms with van der Waals surface area (Å²) in [5.41, 5.74) is 1.06. The molecule has 0 saturated carbocycles. The molecule has 0 aromatic rings. The van der Waals surface area contributed by atoms with E-state index < -0.39 is 6.10 Å². The topological polar surface area (TPSA) is 72.8 Å². The fourth-order valence-corrected chi connectivity index (χ4v) is 3.60. The number of ether oxygens (including phenoxy) is 2. The molecule has 5 heteroatoms. The van der Waals surface area contributed by atoms with Gasteiger partial charge in [-0.15, -0.1) is 0 Å². The molecular weight excluding hydrogens is 308 g/mol. The summed E-state index contributed by atoms with van der Waals surface area (Å²) in [5.74, 6) is -1.16. The summed E-state index contributed by atoms with van der Waals surface area (Å²) in [7, 11) is 0. The Hall–Kier alpha value is -1.36. The number of rotatable bonds is 2. The molecule has 0 radical (unpaired) electrons. The average Bonchev–Trinajstić information content (AvgIpc) is 2.77. The Labute approximate surface area is 144 Å². The monoisotopic (exact) mass is 338 g/mol. The number of aliphatic hydroxyl groups is 1. The fraction of sp³-hybridized carbons (Fsp3) is 0.789. The van der Waals surface area contributed by atoms with Crippen LogP contribution in [-0.4, -0.2) is 35.4 Å². The lowest BCUT2D eigenvalue weighted by atomic mass is 9.79. The molecule has 24 heavy (non-hydrogen) atoms. The van der Waals surface area contributed by atoms with Crippen LogP contribution in [-0.2, 0) is 19.1 Å². The van der Waals surface area contributed by atoms with Crippen LogP contribution < -0.4 is 0 Å². The van der Waals surface area contributed by atoms with Gasteiger partial charge >= 0.3 is 11.9 Å². The maximum Gasteiger partial charge on any atom is 0.309 e. The summed E-state index contributed by atoms with van der Waals surface area (Å²) < 4.78 is 11.4. The molecule has 0 aromatic carbocycles. The molecule has 1 saturated heterocycles. The van der Waals surface area contributed by atoms with Crippen molar-refractivity contribution in [2.24, 2.45) is 23.7 Å². The SMILES string of the molecule is C/C1=C/CC(O)[C@@H](C)C[C@H]2OC(=O)[C@@H](C)[C@@H]2C(OC(=O)C(C)C)C1. The van der Waals surface area contributed by atoms with Crippen molar-refractivity contribution >= 4 is 11.9 Å². The van der Waals surface area contributed by atoms with Crippen molar-refractivity contribution in [2.45, 2.75) is 72.2 Å². The van der Waals surface area contributed by atoms with Crippen LogP contribution in [0.5, 0.6) is 0 Å². The molecule has 5 nitrogen and oxygen atoms in total. The summed E-state index contributed by atoms with van der Waals surface area (Å²) in [6.45, 7) is 9.40. The van der Waals surface area contributed by atoms with E-state index >= 15 is 0 Å². The van der Waals surface area contributed by atoms with Gasteiger partial charge in [0.2, 0.25) is 0 Å². The Balaban J connectivity index is 2.33. The number of carbonyl (C=O) groups is 2. The zero-order valence-electron chi connectivity index (χ0n) is 15.3. The quantitative estimate of drug-likeness (QED) is 0.619. The lowest BCUT2D eigenvalue weighted by Gasteiger charge is -2.32. The molecule has 2 unspecified atom stereocenters. The second-order valence-electron chi connectivity index (χ2n) is 7.74. The Morgan fingerprint density at radius 1 is 1.38 bits per heavy atom. The van der Waals surface area contributed by atoms with Crippen molar-refractivity contribution in [3.63, 3.8) is 0 Å². The molecule has 2 aliphatic rings. The van der Waals surface area contributed by atoms with Gasteiger partial charge in [0.05, 0.1) is 17.9 Å². The van der Waals surface area contributed by atoms with Gasteiger partial charge in [0, 0.05) is 12.3 Å². The van der Waals surface area contributed by atoms with Crippen molar-refractivity contribution in [2.75, 3.05) is 0 Å². The Bertz CT molecular complexity index is 510. The highest BCUT2D eigenvalue weighted by Gasteiger charge is 2.48. The van der Waals surface area contributed by atoms with Crippen molar-refractivity contribution in [1.82, 2.24) is 0 Å². The Morgan fingerprint density at radius 3 is 2.67 bits per heavy atom. The first-order chi connectivity index (χ1) is 11.2. The Kier molecular flexibility index (Phi) is 6.07. The van der Waals surface area contributed by atoms with Crippen LogP contribution in [0.3, 0.4) is 0 Å². The molecule has 0 aromatic heterocycles. The van der Waals surface area contributed by atoms with Crippen LogP contribution in [0.1, 0.15) is 53.9 Å². The summed E-state index contributed by atoms with van der Waals surface area (Å²) in [4.78, 5) is 24.3. The van der Waals surface area contributed by atoms with Crippen LogP contribution in [0.4, 0.5) is 0 Å². The van der Waals surface area contributed by atoms with Gasteiger partial charge in [-0.05, 0) is 25.7 Å². The highest BCUT2D eigenvalue weighted by molar-refractivity contribution is 5.75. The number of aliphatic hydroxyl groups excluding tert-OH is 1. The van der Waals surface area contributed by atoms with E-state index in [1.54, 1.807) is 13.8 Å². The summed E-state index contributed by atoms with van der Waals surface area (Å²) in [6, 6.07) is 0. The maximum absolute atomic E-state index is 12.2. The van der Waals surface area contributed by atoms with Crippen molar-refractivity contribution in [3.8, 4) is 0 Å². The summed E-state index contributed by atoms with van der Waals surface area (Å²) in [5, 5.41) is 10.3. The number of carbonyl (C=O) groups excluding carboxylic acids is 2. The molecule has 0 bridgehead atoms. The minimum Gasteiger partial charge on any atom is -0.462 e. The number of hydrogen-bond acceptors (Lipinski definition) is 5. The first kappa shape index (κ1) is 19.0. The summed E-state index contributed by atoms with van der Waals surface area (Å²) in [6.07, 6.45) is 2.60. The molecule has 1 fully saturated rings. The second-order valence-corrected chi connectivity index (χ2v) is 7.74. The third kappa shape index (κ3) is 4.18. The molecular formula is C19H30O5. The van der Waals surface area contributed by atoms with Gasteiger partial charge in [-0.1, -0.05) is 39.3 Å². The van der Waals surface area contributed by atoms with E-state index in [1.165, 1.54) is 0 Å². The average molecular weight is 338 g/mol. The first-order valence-electron chi connectivity index (χ1n) is 8.95. The minimum atomic E-state index is -0.454. The van der Waals surface area contributed by atoms with E-state index in [1.807, 2.05) is 26.8 Å². The van der Waals surface area contributed by atoms with Crippen LogP contribution in [0.15, 0.2) is 11.6 Å². The predicted molar refractivity (Wildman–Crippen MR) is 90.0 cm³/mol. The van der Waals surface area contributed by atoms with Crippen LogP contribution >= 0.6 is 0 Å². The van der Waals surface area contributed by atoms with Gasteiger partial charge in [-0.2, -0.15) is 0 Å². The van der Waals surface area contributed by atoms with Gasteiger partial charge in [0.15, 0.2) is 0 Å². The van der Waals surface area contributed by atoms with Crippen LogP contribution in [0.25, 0.3) is 0 Å². The minimum absolute atomic E-state index is 0.0131. The molecule has 1 aliphatic heterocycles. The molecule has 1 aliphatic carbocycles. The van der Waals surface area contributed by atoms with Gasteiger partial charge in [0.25, 0.3) is 0 Å². The van der Waals surface area contributed by atoms with Gasteiger partial charge in [0.1, 0.15) is 12.2 Å². The van der Waals surface area contributed by atoms with E-state index in [2.05, 4.69) is 0 Å². The first-order valence-corrected chi connectivity index (χ1v) is 8.95. The molecule has 1 heterocycles. The molecule has 6 atom stereocenters. The summed E-state index contributed by atoms with van der Waals surface area (Å²) >= 11 is 0.